The molecule has 136 valence electrons. The Bertz CT molecular complexity index is 592. The second-order valence-corrected chi connectivity index (χ2v) is 6.71. The first kappa shape index (κ1) is 27.2. The van der Waals surface area contributed by atoms with E-state index in [2.05, 4.69) is 30.6 Å². The van der Waals surface area contributed by atoms with E-state index in [9.17, 15) is 0 Å². The van der Waals surface area contributed by atoms with E-state index in [1.807, 2.05) is 26.0 Å². The summed E-state index contributed by atoms with van der Waals surface area (Å²) in [4.78, 5) is 16.6. The van der Waals surface area contributed by atoms with Crippen LogP contribution in [-0.2, 0) is 25.3 Å². The van der Waals surface area contributed by atoms with Crippen LogP contribution in [0.25, 0.3) is 0 Å². The van der Waals surface area contributed by atoms with Crippen LogP contribution in [0.4, 0.5) is 11.6 Å². The number of hydrogen-bond donors (Lipinski definition) is 2. The standard InChI is InChI=1S/C17H26N6S2.2Na/c1-12-10-14(22-16(24)20-12)18-8-6-4-3-5-7-9-19-15-11-13(2)21-17(25)23-15;;/h10-11H,3-9H2,1-2H3,(H2,18,20,22,24)(H2,19,21,23,25);;/q;2*+1/p-2. The summed E-state index contributed by atoms with van der Waals surface area (Å²) < 4.78 is 0. The fraction of sp³-hybridized carbons (Fsp3) is 0.529. The van der Waals surface area contributed by atoms with Crippen LogP contribution < -0.4 is 69.7 Å². The van der Waals surface area contributed by atoms with E-state index in [1.54, 1.807) is 0 Å². The number of aryl methyl sites for hydroxylation is 2. The second kappa shape index (κ2) is 15.1. The van der Waals surface area contributed by atoms with Gasteiger partial charge in [0.1, 0.15) is 11.6 Å². The SMILES string of the molecule is Cc1cc(NCCCCCCCNc2cc(C)nc([S-])n2)nc([S-])n1.[Na+].[Na+]. The van der Waals surface area contributed by atoms with Gasteiger partial charge in [-0.3, -0.25) is 9.97 Å². The van der Waals surface area contributed by atoms with Crippen molar-refractivity contribution in [2.45, 2.75) is 56.3 Å². The molecule has 27 heavy (non-hydrogen) atoms. The first-order chi connectivity index (χ1) is 12.0. The molecule has 0 atom stereocenters. The minimum atomic E-state index is 0. The summed E-state index contributed by atoms with van der Waals surface area (Å²) >= 11 is 10.0. The predicted molar refractivity (Wildman–Crippen MR) is 105 cm³/mol. The van der Waals surface area contributed by atoms with Gasteiger partial charge in [0.15, 0.2) is 0 Å². The van der Waals surface area contributed by atoms with E-state index >= 15 is 0 Å². The van der Waals surface area contributed by atoms with Gasteiger partial charge in [-0.15, -0.1) is 0 Å². The van der Waals surface area contributed by atoms with Crippen molar-refractivity contribution in [3.8, 4) is 0 Å². The van der Waals surface area contributed by atoms with Gasteiger partial charge in [-0.2, -0.15) is 0 Å². The molecule has 6 nitrogen and oxygen atoms in total. The van der Waals surface area contributed by atoms with Crippen molar-refractivity contribution in [1.29, 1.82) is 0 Å². The number of hydrogen-bond acceptors (Lipinski definition) is 8. The maximum absolute atomic E-state index is 5.02. The number of anilines is 2. The van der Waals surface area contributed by atoms with Crippen LogP contribution in [0.2, 0.25) is 0 Å². The summed E-state index contributed by atoms with van der Waals surface area (Å²) in [5.41, 5.74) is 1.80. The average Bonchev–Trinajstić information content (AvgIpc) is 2.51. The van der Waals surface area contributed by atoms with Crippen LogP contribution in [0.1, 0.15) is 43.5 Å². The van der Waals surface area contributed by atoms with Crippen LogP contribution in [0.15, 0.2) is 22.4 Å². The zero-order valence-corrected chi connectivity index (χ0v) is 22.3. The summed E-state index contributed by atoms with van der Waals surface area (Å²) in [5, 5.41) is 7.41. The Balaban J connectivity index is 0.00000338. The quantitative estimate of drug-likeness (QED) is 0.184. The molecule has 2 N–H and O–H groups in total. The van der Waals surface area contributed by atoms with Crippen LogP contribution in [-0.4, -0.2) is 33.0 Å². The Morgan fingerprint density at radius 1 is 0.667 bits per heavy atom. The van der Waals surface area contributed by atoms with Gasteiger partial charge in [0.2, 0.25) is 0 Å². The Labute approximate surface area is 217 Å². The molecule has 2 heterocycles. The Hall–Kier alpha value is 0.200. The number of rotatable bonds is 10. The van der Waals surface area contributed by atoms with E-state index in [0.717, 1.165) is 49.0 Å². The molecule has 0 aliphatic rings. The molecule has 0 aliphatic heterocycles. The second-order valence-electron chi connectivity index (χ2n) is 5.98. The molecule has 2 rings (SSSR count). The topological polar surface area (TPSA) is 75.6 Å². The Morgan fingerprint density at radius 3 is 1.41 bits per heavy atom. The molecule has 0 fully saturated rings. The maximum Gasteiger partial charge on any atom is 1.00 e. The maximum atomic E-state index is 5.02. The van der Waals surface area contributed by atoms with Gasteiger partial charge in [-0.05, 0) is 26.7 Å². The van der Waals surface area contributed by atoms with Gasteiger partial charge >= 0.3 is 59.1 Å². The van der Waals surface area contributed by atoms with Crippen molar-refractivity contribution in [3.63, 3.8) is 0 Å². The Kier molecular flexibility index (Phi) is 15.2. The average molecular weight is 423 g/mol. The summed E-state index contributed by atoms with van der Waals surface area (Å²) in [6.07, 6.45) is 5.84. The van der Waals surface area contributed by atoms with Crippen LogP contribution in [0, 0.1) is 13.8 Å². The fourth-order valence-electron chi connectivity index (χ4n) is 2.48. The molecule has 10 heteroatoms. The van der Waals surface area contributed by atoms with E-state index in [1.165, 1.54) is 19.3 Å². The monoisotopic (exact) mass is 422 g/mol. The van der Waals surface area contributed by atoms with E-state index in [0.29, 0.717) is 10.3 Å². The largest absolute Gasteiger partial charge is 1.00 e. The molecule has 0 amide bonds. The summed E-state index contributed by atoms with van der Waals surface area (Å²) in [6.45, 7) is 5.67. The molecular formula is C17H24N6Na2S2. The zero-order chi connectivity index (χ0) is 18.1. The molecule has 0 saturated carbocycles. The van der Waals surface area contributed by atoms with E-state index < -0.39 is 0 Å². The molecular weight excluding hydrogens is 398 g/mol. The molecule has 2 aromatic rings. The van der Waals surface area contributed by atoms with Gasteiger partial charge in [0, 0.05) is 46.9 Å². The first-order valence-electron chi connectivity index (χ1n) is 8.56. The van der Waals surface area contributed by atoms with Crippen molar-refractivity contribution in [3.05, 3.63) is 23.5 Å². The normalized spacial score (nSPS) is 9.85. The van der Waals surface area contributed by atoms with Gasteiger partial charge in [-0.25, -0.2) is 9.97 Å². The van der Waals surface area contributed by atoms with Crippen LogP contribution >= 0.6 is 0 Å². The summed E-state index contributed by atoms with van der Waals surface area (Å²) in [7, 11) is 0. The molecule has 2 aromatic heterocycles. The van der Waals surface area contributed by atoms with Gasteiger partial charge in [0.25, 0.3) is 0 Å². The van der Waals surface area contributed by atoms with Gasteiger partial charge < -0.3 is 35.9 Å². The smallest absolute Gasteiger partial charge is 0.740 e. The molecule has 0 aromatic carbocycles. The molecule has 0 unspecified atom stereocenters. The molecule has 0 radical (unpaired) electrons. The van der Waals surface area contributed by atoms with Crippen molar-refractivity contribution in [2.24, 2.45) is 0 Å². The third-order valence-electron chi connectivity index (χ3n) is 3.63. The van der Waals surface area contributed by atoms with Gasteiger partial charge in [-0.1, -0.05) is 19.3 Å². The van der Waals surface area contributed by atoms with Crippen molar-refractivity contribution >= 4 is 36.9 Å². The fourth-order valence-corrected chi connectivity index (χ4v) is 2.96. The molecule has 0 aliphatic carbocycles. The minimum Gasteiger partial charge on any atom is -0.740 e. The Morgan fingerprint density at radius 2 is 1.04 bits per heavy atom. The van der Waals surface area contributed by atoms with E-state index in [4.69, 9.17) is 25.3 Å². The third kappa shape index (κ3) is 11.7. The predicted octanol–water partition coefficient (Wildman–Crippen LogP) is -2.82. The number of nitrogens with one attached hydrogen (secondary N) is 2. The van der Waals surface area contributed by atoms with Crippen molar-refractivity contribution in [1.82, 2.24) is 19.9 Å². The molecule has 0 saturated heterocycles. The number of unbranched alkanes of at least 4 members (excludes halogenated alkanes) is 4. The first-order valence-corrected chi connectivity index (χ1v) is 9.38. The third-order valence-corrected chi connectivity index (χ3v) is 4.00. The van der Waals surface area contributed by atoms with Crippen LogP contribution in [0.5, 0.6) is 0 Å². The number of nitrogens with zero attached hydrogens (tertiary/aromatic N) is 4. The van der Waals surface area contributed by atoms with Crippen molar-refractivity contribution < 1.29 is 59.1 Å². The van der Waals surface area contributed by atoms with Crippen molar-refractivity contribution in [2.75, 3.05) is 23.7 Å². The summed E-state index contributed by atoms with van der Waals surface area (Å²) in [5.74, 6) is 1.64. The zero-order valence-electron chi connectivity index (χ0n) is 16.7. The molecule has 0 bridgehead atoms. The van der Waals surface area contributed by atoms with Gasteiger partial charge in [0.05, 0.1) is 0 Å². The number of aromatic nitrogens is 4. The minimum absolute atomic E-state index is 0. The van der Waals surface area contributed by atoms with Crippen LogP contribution in [0.3, 0.4) is 0 Å². The molecule has 0 spiro atoms. The van der Waals surface area contributed by atoms with E-state index in [-0.39, 0.29) is 59.1 Å². The summed E-state index contributed by atoms with van der Waals surface area (Å²) in [6, 6.07) is 3.84.